The molecule has 0 spiro atoms. The van der Waals surface area contributed by atoms with Gasteiger partial charge in [0.15, 0.2) is 0 Å². The molecule has 2 aromatic rings. The van der Waals surface area contributed by atoms with E-state index in [1.807, 2.05) is 31.7 Å². The van der Waals surface area contributed by atoms with Crippen molar-refractivity contribution >= 4 is 11.9 Å². The lowest BCUT2D eigenvalue weighted by atomic mass is 10.5. The van der Waals surface area contributed by atoms with Crippen LogP contribution in [0.1, 0.15) is 19.7 Å². The van der Waals surface area contributed by atoms with Crippen LogP contribution >= 0.6 is 0 Å². The molecule has 0 amide bonds. The molecule has 0 aliphatic carbocycles. The number of imidazole rings is 1. The maximum atomic E-state index is 5.61. The Balaban J connectivity index is 2.07. The third-order valence-electron chi connectivity index (χ3n) is 2.30. The first-order chi connectivity index (χ1) is 9.04. The van der Waals surface area contributed by atoms with Gasteiger partial charge in [-0.05, 0) is 13.8 Å². The van der Waals surface area contributed by atoms with Crippen LogP contribution in [0.25, 0.3) is 0 Å². The summed E-state index contributed by atoms with van der Waals surface area (Å²) in [6.45, 7) is 4.27. The first-order valence-electron chi connectivity index (χ1n) is 5.93. The van der Waals surface area contributed by atoms with Crippen LogP contribution in [-0.2, 0) is 13.6 Å². The summed E-state index contributed by atoms with van der Waals surface area (Å²) in [4.78, 5) is 16.2. The van der Waals surface area contributed by atoms with E-state index >= 15 is 0 Å². The van der Waals surface area contributed by atoms with Crippen LogP contribution in [0.3, 0.4) is 0 Å². The molecule has 0 saturated carbocycles. The first-order valence-corrected chi connectivity index (χ1v) is 5.93. The van der Waals surface area contributed by atoms with Gasteiger partial charge in [-0.1, -0.05) is 0 Å². The second kappa shape index (κ2) is 5.51. The molecule has 8 nitrogen and oxygen atoms in total. The number of anilines is 2. The third-order valence-corrected chi connectivity index (χ3v) is 2.30. The number of aromatic nitrogens is 5. The van der Waals surface area contributed by atoms with Crippen LogP contribution in [0.15, 0.2) is 12.4 Å². The Kier molecular flexibility index (Phi) is 3.79. The number of rotatable bonds is 5. The van der Waals surface area contributed by atoms with Gasteiger partial charge >= 0.3 is 6.01 Å². The molecule has 2 rings (SSSR count). The summed E-state index contributed by atoms with van der Waals surface area (Å²) in [5, 5.41) is 3.04. The van der Waals surface area contributed by atoms with E-state index in [2.05, 4.69) is 25.3 Å². The van der Waals surface area contributed by atoms with E-state index in [-0.39, 0.29) is 18.1 Å². The molecule has 0 atom stereocenters. The number of nitrogen functional groups attached to an aromatic ring is 1. The summed E-state index contributed by atoms with van der Waals surface area (Å²) in [5.74, 6) is 1.35. The van der Waals surface area contributed by atoms with Crippen molar-refractivity contribution in [2.24, 2.45) is 7.05 Å². The zero-order chi connectivity index (χ0) is 13.8. The lowest BCUT2D eigenvalue weighted by Crippen LogP contribution is -2.13. The van der Waals surface area contributed by atoms with E-state index < -0.39 is 0 Å². The Labute approximate surface area is 111 Å². The Morgan fingerprint density at radius 1 is 1.37 bits per heavy atom. The normalized spacial score (nSPS) is 10.7. The standard InChI is InChI=1S/C11H17N7O/c1-7(2)19-11-16-9(12)15-10(17-11)14-6-8-13-4-5-18(8)3/h4-5,7H,6H2,1-3H3,(H3,12,14,15,16,17). The van der Waals surface area contributed by atoms with Gasteiger partial charge in [0.1, 0.15) is 5.82 Å². The van der Waals surface area contributed by atoms with Gasteiger partial charge < -0.3 is 20.4 Å². The van der Waals surface area contributed by atoms with Gasteiger partial charge in [-0.15, -0.1) is 0 Å². The summed E-state index contributed by atoms with van der Waals surface area (Å²) >= 11 is 0. The molecule has 0 aromatic carbocycles. The minimum Gasteiger partial charge on any atom is -0.461 e. The number of hydrogen-bond donors (Lipinski definition) is 2. The summed E-state index contributed by atoms with van der Waals surface area (Å²) in [5.41, 5.74) is 5.61. The van der Waals surface area contributed by atoms with E-state index in [9.17, 15) is 0 Å². The number of nitrogens with zero attached hydrogens (tertiary/aromatic N) is 5. The van der Waals surface area contributed by atoms with Gasteiger partial charge in [-0.3, -0.25) is 0 Å². The van der Waals surface area contributed by atoms with Crippen molar-refractivity contribution in [1.29, 1.82) is 0 Å². The minimum absolute atomic E-state index is 0.0239. The zero-order valence-corrected chi connectivity index (χ0v) is 11.2. The highest BCUT2D eigenvalue weighted by Crippen LogP contribution is 2.11. The number of nitrogens with two attached hydrogens (primary N) is 1. The van der Waals surface area contributed by atoms with Gasteiger partial charge in [0.2, 0.25) is 11.9 Å². The third kappa shape index (κ3) is 3.54. The van der Waals surface area contributed by atoms with Crippen LogP contribution in [-0.4, -0.2) is 30.6 Å². The fraction of sp³-hybridized carbons (Fsp3) is 0.455. The largest absolute Gasteiger partial charge is 0.461 e. The zero-order valence-electron chi connectivity index (χ0n) is 11.2. The Morgan fingerprint density at radius 3 is 2.79 bits per heavy atom. The highest BCUT2D eigenvalue weighted by atomic mass is 16.5. The molecule has 0 unspecified atom stereocenters. The molecule has 0 bridgehead atoms. The van der Waals surface area contributed by atoms with Crippen molar-refractivity contribution in [3.05, 3.63) is 18.2 Å². The van der Waals surface area contributed by atoms with Crippen molar-refractivity contribution in [3.8, 4) is 6.01 Å². The maximum Gasteiger partial charge on any atom is 0.323 e. The van der Waals surface area contributed by atoms with E-state index in [0.717, 1.165) is 5.82 Å². The molecule has 8 heteroatoms. The van der Waals surface area contributed by atoms with Crippen LogP contribution in [0.2, 0.25) is 0 Å². The molecule has 0 aliphatic heterocycles. The van der Waals surface area contributed by atoms with Crippen LogP contribution in [0.4, 0.5) is 11.9 Å². The van der Waals surface area contributed by atoms with Gasteiger partial charge in [0, 0.05) is 19.4 Å². The van der Waals surface area contributed by atoms with Crippen molar-refractivity contribution < 1.29 is 4.74 Å². The molecule has 3 N–H and O–H groups in total. The molecule has 2 aromatic heterocycles. The number of aryl methyl sites for hydroxylation is 1. The Morgan fingerprint density at radius 2 is 2.16 bits per heavy atom. The summed E-state index contributed by atoms with van der Waals surface area (Å²) in [7, 11) is 1.92. The van der Waals surface area contributed by atoms with Crippen LogP contribution in [0.5, 0.6) is 6.01 Å². The van der Waals surface area contributed by atoms with Gasteiger partial charge in [0.05, 0.1) is 12.6 Å². The number of ether oxygens (including phenoxy) is 1. The number of hydrogen-bond acceptors (Lipinski definition) is 7. The van der Waals surface area contributed by atoms with Crippen molar-refractivity contribution in [2.75, 3.05) is 11.1 Å². The second-order valence-electron chi connectivity index (χ2n) is 4.27. The lowest BCUT2D eigenvalue weighted by molar-refractivity contribution is 0.222. The minimum atomic E-state index is -0.0239. The molecule has 0 fully saturated rings. The summed E-state index contributed by atoms with van der Waals surface area (Å²) in [6, 6.07) is 0.213. The predicted octanol–water partition coefficient (Wildman–Crippen LogP) is 0.587. The highest BCUT2D eigenvalue weighted by Gasteiger charge is 2.08. The molecule has 0 aliphatic rings. The Bertz CT molecular complexity index is 552. The average molecular weight is 263 g/mol. The lowest BCUT2D eigenvalue weighted by Gasteiger charge is -2.10. The summed E-state index contributed by atoms with van der Waals surface area (Å²) in [6.07, 6.45) is 3.57. The van der Waals surface area contributed by atoms with E-state index in [1.54, 1.807) is 6.20 Å². The van der Waals surface area contributed by atoms with Gasteiger partial charge in [0.25, 0.3) is 0 Å². The fourth-order valence-corrected chi connectivity index (χ4v) is 1.44. The van der Waals surface area contributed by atoms with Crippen LogP contribution < -0.4 is 15.8 Å². The van der Waals surface area contributed by atoms with Gasteiger partial charge in [-0.25, -0.2) is 4.98 Å². The van der Waals surface area contributed by atoms with Crippen molar-refractivity contribution in [1.82, 2.24) is 24.5 Å². The molecular formula is C11H17N7O. The topological polar surface area (TPSA) is 104 Å². The first kappa shape index (κ1) is 13.1. The Hall–Kier alpha value is -2.38. The number of nitrogens with one attached hydrogen (secondary N) is 1. The molecule has 0 saturated heterocycles. The molecule has 0 radical (unpaired) electrons. The van der Waals surface area contributed by atoms with E-state index in [0.29, 0.717) is 12.5 Å². The molecule has 2 heterocycles. The maximum absolute atomic E-state index is 5.61. The van der Waals surface area contributed by atoms with Gasteiger partial charge in [-0.2, -0.15) is 15.0 Å². The summed E-state index contributed by atoms with van der Waals surface area (Å²) < 4.78 is 7.30. The average Bonchev–Trinajstić information content (AvgIpc) is 2.70. The van der Waals surface area contributed by atoms with Crippen LogP contribution in [0, 0.1) is 0 Å². The molecule has 102 valence electrons. The fourth-order valence-electron chi connectivity index (χ4n) is 1.44. The monoisotopic (exact) mass is 263 g/mol. The van der Waals surface area contributed by atoms with Crippen molar-refractivity contribution in [2.45, 2.75) is 26.5 Å². The quantitative estimate of drug-likeness (QED) is 0.813. The van der Waals surface area contributed by atoms with E-state index in [1.165, 1.54) is 0 Å². The molecular weight excluding hydrogens is 246 g/mol. The van der Waals surface area contributed by atoms with Crippen molar-refractivity contribution in [3.63, 3.8) is 0 Å². The predicted molar refractivity (Wildman–Crippen MR) is 70.5 cm³/mol. The smallest absolute Gasteiger partial charge is 0.323 e. The molecule has 19 heavy (non-hydrogen) atoms. The second-order valence-corrected chi connectivity index (χ2v) is 4.27. The SMILES string of the molecule is CC(C)Oc1nc(N)nc(NCc2nccn2C)n1. The van der Waals surface area contributed by atoms with E-state index in [4.69, 9.17) is 10.5 Å². The highest BCUT2D eigenvalue weighted by molar-refractivity contribution is 5.32.